The van der Waals surface area contributed by atoms with E-state index < -0.39 is 10.9 Å². The van der Waals surface area contributed by atoms with E-state index in [2.05, 4.69) is 50.2 Å². The van der Waals surface area contributed by atoms with Gasteiger partial charge in [0, 0.05) is 20.8 Å². The number of ether oxygens (including phenoxy) is 2. The molecule has 0 aliphatic carbocycles. The SMILES string of the molecule is COc1c(I)cc(I)cc1C=C1N=C(c2ccc(Cl)c([N+](=O)[O-])c2)OC1=O. The molecule has 0 unspecified atom stereocenters. The number of benzene rings is 2. The first-order chi connectivity index (χ1) is 12.8. The van der Waals surface area contributed by atoms with Crippen molar-refractivity contribution >= 4 is 80.4 Å². The lowest BCUT2D eigenvalue weighted by molar-refractivity contribution is -0.384. The van der Waals surface area contributed by atoms with Crippen LogP contribution in [0.3, 0.4) is 0 Å². The molecule has 0 atom stereocenters. The lowest BCUT2D eigenvalue weighted by atomic mass is 10.1. The van der Waals surface area contributed by atoms with Gasteiger partial charge in [0.25, 0.3) is 5.69 Å². The van der Waals surface area contributed by atoms with Crippen molar-refractivity contribution in [3.05, 3.63) is 69.4 Å². The number of rotatable bonds is 4. The third-order valence-corrected chi connectivity index (χ3v) is 5.29. The number of hydrogen-bond donors (Lipinski definition) is 0. The zero-order valence-electron chi connectivity index (χ0n) is 13.5. The summed E-state index contributed by atoms with van der Waals surface area (Å²) >= 11 is 10.1. The number of nitro benzene ring substituents is 1. The fourth-order valence-electron chi connectivity index (χ4n) is 2.37. The maximum atomic E-state index is 12.2. The topological polar surface area (TPSA) is 91.0 Å². The molecule has 1 aliphatic rings. The van der Waals surface area contributed by atoms with Crippen LogP contribution in [-0.2, 0) is 9.53 Å². The Hall–Kier alpha value is -1.73. The molecule has 0 saturated heterocycles. The van der Waals surface area contributed by atoms with Crippen molar-refractivity contribution in [2.75, 3.05) is 7.11 Å². The molecular weight excluding hydrogens is 601 g/mol. The van der Waals surface area contributed by atoms with E-state index in [1.807, 2.05) is 12.1 Å². The average molecular weight is 611 g/mol. The van der Waals surface area contributed by atoms with Crippen LogP contribution in [0.1, 0.15) is 11.1 Å². The molecule has 10 heteroatoms. The molecule has 0 amide bonds. The third-order valence-electron chi connectivity index (χ3n) is 3.54. The fraction of sp³-hybridized carbons (Fsp3) is 0.0588. The Morgan fingerprint density at radius 3 is 2.70 bits per heavy atom. The molecule has 3 rings (SSSR count). The number of aliphatic imine (C=N–C) groups is 1. The summed E-state index contributed by atoms with van der Waals surface area (Å²) < 4.78 is 12.4. The molecule has 27 heavy (non-hydrogen) atoms. The number of hydrogen-bond acceptors (Lipinski definition) is 6. The quantitative estimate of drug-likeness (QED) is 0.163. The lowest BCUT2D eigenvalue weighted by Crippen LogP contribution is -2.06. The lowest BCUT2D eigenvalue weighted by Gasteiger charge is -2.08. The minimum atomic E-state index is -0.654. The Kier molecular flexibility index (Phi) is 6.01. The van der Waals surface area contributed by atoms with Gasteiger partial charge >= 0.3 is 5.97 Å². The summed E-state index contributed by atoms with van der Waals surface area (Å²) in [6, 6.07) is 7.86. The molecule has 0 N–H and O–H groups in total. The van der Waals surface area contributed by atoms with Gasteiger partial charge in [-0.2, -0.15) is 0 Å². The molecule has 0 saturated carbocycles. The minimum Gasteiger partial charge on any atom is -0.495 e. The van der Waals surface area contributed by atoms with Crippen LogP contribution >= 0.6 is 56.8 Å². The van der Waals surface area contributed by atoms with E-state index in [1.54, 1.807) is 13.2 Å². The van der Waals surface area contributed by atoms with Gasteiger partial charge in [0.2, 0.25) is 5.90 Å². The van der Waals surface area contributed by atoms with E-state index in [1.165, 1.54) is 18.2 Å². The second kappa shape index (κ2) is 8.10. The highest BCUT2D eigenvalue weighted by Gasteiger charge is 2.26. The second-order valence-electron chi connectivity index (χ2n) is 5.27. The predicted octanol–water partition coefficient (Wildman–Crippen LogP) is 4.81. The van der Waals surface area contributed by atoms with E-state index in [-0.39, 0.29) is 27.9 Å². The number of carbonyl (C=O) groups is 1. The largest absolute Gasteiger partial charge is 0.495 e. The van der Waals surface area contributed by atoms with Gasteiger partial charge in [-0.05, 0) is 75.5 Å². The van der Waals surface area contributed by atoms with E-state index in [9.17, 15) is 14.9 Å². The van der Waals surface area contributed by atoms with Crippen molar-refractivity contribution in [1.82, 2.24) is 0 Å². The van der Waals surface area contributed by atoms with Gasteiger partial charge in [0.05, 0.1) is 15.6 Å². The van der Waals surface area contributed by atoms with Crippen molar-refractivity contribution in [2.24, 2.45) is 4.99 Å². The predicted molar refractivity (Wildman–Crippen MR) is 117 cm³/mol. The zero-order valence-corrected chi connectivity index (χ0v) is 18.6. The summed E-state index contributed by atoms with van der Waals surface area (Å²) in [6.45, 7) is 0. The van der Waals surface area contributed by atoms with E-state index in [0.29, 0.717) is 11.3 Å². The monoisotopic (exact) mass is 610 g/mol. The summed E-state index contributed by atoms with van der Waals surface area (Å²) in [6.07, 6.45) is 1.56. The Morgan fingerprint density at radius 2 is 2.04 bits per heavy atom. The van der Waals surface area contributed by atoms with Crippen LogP contribution in [0.25, 0.3) is 6.08 Å². The number of carbonyl (C=O) groups excluding carboxylic acids is 1. The Balaban J connectivity index is 2.04. The van der Waals surface area contributed by atoms with Crippen molar-refractivity contribution in [3.63, 3.8) is 0 Å². The number of nitrogens with zero attached hydrogens (tertiary/aromatic N) is 2. The summed E-state index contributed by atoms with van der Waals surface area (Å²) in [5, 5.41) is 11.0. The third kappa shape index (κ3) is 4.24. The summed E-state index contributed by atoms with van der Waals surface area (Å²) in [5.41, 5.74) is 0.734. The normalized spacial score (nSPS) is 14.9. The molecule has 0 fully saturated rings. The van der Waals surface area contributed by atoms with E-state index in [4.69, 9.17) is 21.1 Å². The molecule has 2 aromatic rings. The molecule has 7 nitrogen and oxygen atoms in total. The van der Waals surface area contributed by atoms with Gasteiger partial charge in [-0.1, -0.05) is 11.6 Å². The zero-order chi connectivity index (χ0) is 19.7. The van der Waals surface area contributed by atoms with Crippen LogP contribution in [0, 0.1) is 17.3 Å². The number of nitro groups is 1. The second-order valence-corrected chi connectivity index (χ2v) is 8.08. The first kappa shape index (κ1) is 20.0. The Bertz CT molecular complexity index is 1040. The number of esters is 1. The molecule has 2 aromatic carbocycles. The first-order valence-electron chi connectivity index (χ1n) is 7.30. The highest BCUT2D eigenvalue weighted by atomic mass is 127. The smallest absolute Gasteiger partial charge is 0.363 e. The van der Waals surface area contributed by atoms with E-state index in [0.717, 1.165) is 7.14 Å². The Labute approximate surface area is 185 Å². The van der Waals surface area contributed by atoms with Gasteiger partial charge < -0.3 is 9.47 Å². The van der Waals surface area contributed by atoms with Gasteiger partial charge in [-0.25, -0.2) is 9.79 Å². The van der Waals surface area contributed by atoms with Gasteiger partial charge in [-0.3, -0.25) is 10.1 Å². The Morgan fingerprint density at radius 1 is 1.30 bits per heavy atom. The number of halogens is 3. The van der Waals surface area contributed by atoms with Crippen LogP contribution in [0.4, 0.5) is 5.69 Å². The molecule has 0 aromatic heterocycles. The molecule has 0 bridgehead atoms. The van der Waals surface area contributed by atoms with Crippen LogP contribution in [0.2, 0.25) is 5.02 Å². The molecule has 138 valence electrons. The fourth-order valence-corrected chi connectivity index (χ4v) is 4.66. The first-order valence-corrected chi connectivity index (χ1v) is 9.83. The van der Waals surface area contributed by atoms with Crippen molar-refractivity contribution in [1.29, 1.82) is 0 Å². The number of cyclic esters (lactones) is 1. The summed E-state index contributed by atoms with van der Waals surface area (Å²) in [5.74, 6) is -0.0640. The van der Waals surface area contributed by atoms with Crippen molar-refractivity contribution in [3.8, 4) is 5.75 Å². The van der Waals surface area contributed by atoms with E-state index >= 15 is 0 Å². The maximum absolute atomic E-state index is 12.2. The number of methoxy groups -OCH3 is 1. The average Bonchev–Trinajstić information content (AvgIpc) is 2.95. The van der Waals surface area contributed by atoms with Gasteiger partial charge in [-0.15, -0.1) is 0 Å². The summed E-state index contributed by atoms with van der Waals surface area (Å²) in [7, 11) is 1.54. The molecule has 0 radical (unpaired) electrons. The van der Waals surface area contributed by atoms with Crippen LogP contribution in [0.5, 0.6) is 5.75 Å². The van der Waals surface area contributed by atoms with Crippen molar-refractivity contribution < 1.29 is 19.2 Å². The van der Waals surface area contributed by atoms with Gasteiger partial charge in [0.15, 0.2) is 5.70 Å². The molecular formula is C17H9ClI2N2O5. The molecule has 0 spiro atoms. The standard InChI is InChI=1S/C17H9ClI2N2O5/c1-26-15-9(4-10(19)7-12(15)20)5-13-17(23)27-16(21-13)8-2-3-11(18)14(6-8)22(24)25/h2-7H,1H3. The van der Waals surface area contributed by atoms with Crippen LogP contribution in [0.15, 0.2) is 41.0 Å². The van der Waals surface area contributed by atoms with Gasteiger partial charge in [0.1, 0.15) is 10.8 Å². The highest BCUT2D eigenvalue weighted by molar-refractivity contribution is 14.1. The molecule has 1 heterocycles. The maximum Gasteiger partial charge on any atom is 0.363 e. The minimum absolute atomic E-state index is 0.0115. The highest BCUT2D eigenvalue weighted by Crippen LogP contribution is 2.32. The molecule has 1 aliphatic heterocycles. The summed E-state index contributed by atoms with van der Waals surface area (Å²) in [4.78, 5) is 26.8. The van der Waals surface area contributed by atoms with Crippen molar-refractivity contribution in [2.45, 2.75) is 0 Å². The van der Waals surface area contributed by atoms with Crippen LogP contribution in [-0.4, -0.2) is 23.9 Å². The van der Waals surface area contributed by atoms with Crippen LogP contribution < -0.4 is 4.74 Å².